The molecule has 8 atom stereocenters. The van der Waals surface area contributed by atoms with Gasteiger partial charge in [-0.2, -0.15) is 0 Å². The summed E-state index contributed by atoms with van der Waals surface area (Å²) in [4.78, 5) is 16.0. The lowest BCUT2D eigenvalue weighted by atomic mass is 9.68. The number of aliphatic hydroxyl groups is 1. The number of carbonyl (C=O) groups is 1. The molecule has 7 nitrogen and oxygen atoms in total. The van der Waals surface area contributed by atoms with Crippen LogP contribution in [0.2, 0.25) is 5.02 Å². The number of benzene rings is 2. The van der Waals surface area contributed by atoms with Crippen molar-refractivity contribution < 1.29 is 18.8 Å². The zero-order valence-electron chi connectivity index (χ0n) is 25.6. The highest BCUT2D eigenvalue weighted by molar-refractivity contribution is 7.99. The number of aryl methyl sites for hydroxylation is 1. The van der Waals surface area contributed by atoms with Crippen LogP contribution in [0.5, 0.6) is 5.75 Å². The van der Waals surface area contributed by atoms with Gasteiger partial charge in [-0.25, -0.2) is 4.21 Å². The van der Waals surface area contributed by atoms with Gasteiger partial charge in [-0.15, -0.1) is 0 Å². The van der Waals surface area contributed by atoms with Crippen molar-refractivity contribution in [2.24, 2.45) is 17.8 Å². The molecule has 0 aromatic heterocycles. The van der Waals surface area contributed by atoms with E-state index >= 15 is 0 Å². The Hall–Kier alpha value is -2.26. The number of ether oxygens (including phenoxy) is 1. The number of hydrogen-bond donors (Lipinski definition) is 3. The van der Waals surface area contributed by atoms with Crippen molar-refractivity contribution in [1.82, 2.24) is 10.0 Å². The Morgan fingerprint density at radius 1 is 1.19 bits per heavy atom. The molecule has 2 aromatic rings. The van der Waals surface area contributed by atoms with Crippen LogP contribution in [0.4, 0.5) is 5.69 Å². The second-order valence-electron chi connectivity index (χ2n) is 13.7. The van der Waals surface area contributed by atoms with Crippen LogP contribution < -0.4 is 19.7 Å². The van der Waals surface area contributed by atoms with Crippen LogP contribution in [0.15, 0.2) is 36.4 Å². The van der Waals surface area contributed by atoms with E-state index < -0.39 is 15.8 Å². The van der Waals surface area contributed by atoms with Crippen molar-refractivity contribution in [3.8, 4) is 5.75 Å². The van der Waals surface area contributed by atoms with Gasteiger partial charge < -0.3 is 20.1 Å². The number of aliphatic hydroxyl groups excluding tert-OH is 1. The fourth-order valence-electron chi connectivity index (χ4n) is 7.99. The van der Waals surface area contributed by atoms with E-state index in [4.69, 9.17) is 16.3 Å². The van der Waals surface area contributed by atoms with E-state index in [2.05, 4.69) is 39.9 Å². The molecule has 1 amide bonds. The lowest BCUT2D eigenvalue weighted by Gasteiger charge is -2.46. The summed E-state index contributed by atoms with van der Waals surface area (Å²) in [6.07, 6.45) is 6.08. The van der Waals surface area contributed by atoms with Crippen LogP contribution in [0, 0.1) is 17.8 Å². The topological polar surface area (TPSA) is 90.9 Å². The molecule has 2 aliphatic heterocycles. The summed E-state index contributed by atoms with van der Waals surface area (Å²) in [6.45, 7) is 6.02. The van der Waals surface area contributed by atoms with Gasteiger partial charge >= 0.3 is 0 Å². The third-order valence-corrected chi connectivity index (χ3v) is 13.4. The number of nitrogens with one attached hydrogen (secondary N) is 2. The molecule has 1 unspecified atom stereocenters. The number of fused-ring (bicyclic) bond motifs is 4. The molecule has 0 saturated heterocycles. The molecule has 3 N–H and O–H groups in total. The van der Waals surface area contributed by atoms with Crippen molar-refractivity contribution in [3.63, 3.8) is 0 Å². The number of anilines is 1. The van der Waals surface area contributed by atoms with Crippen molar-refractivity contribution in [1.29, 1.82) is 0 Å². The maximum Gasteiger partial charge on any atom is 0.262 e. The number of hydrogen-bond acceptors (Lipinski definition) is 6. The first-order valence-electron chi connectivity index (χ1n) is 15.8. The first-order chi connectivity index (χ1) is 20.5. The lowest BCUT2D eigenvalue weighted by molar-refractivity contribution is 0.00355. The molecule has 43 heavy (non-hydrogen) atoms. The monoisotopic (exact) mass is 627 g/mol. The molecule has 1 fully saturated rings. The van der Waals surface area contributed by atoms with Gasteiger partial charge in [-0.05, 0) is 124 Å². The number of carbonyl (C=O) groups excluding carboxylic acids is 1. The number of nitrogens with zero attached hydrogens (tertiary/aromatic N) is 1. The molecule has 1 spiro atoms. The van der Waals surface area contributed by atoms with Gasteiger partial charge in [0.2, 0.25) is 0 Å². The molecular formula is C34H46ClN3O4S. The first-order valence-corrected chi connectivity index (χ1v) is 18.0. The average Bonchev–Trinajstić information content (AvgIpc) is 3.10. The summed E-state index contributed by atoms with van der Waals surface area (Å²) in [5, 5.41) is 15.3. The summed E-state index contributed by atoms with van der Waals surface area (Å²) in [6, 6.07) is 11.9. The van der Waals surface area contributed by atoms with Crippen LogP contribution >= 0.6 is 11.6 Å². The van der Waals surface area contributed by atoms with Gasteiger partial charge in [-0.3, -0.25) is 9.52 Å². The number of rotatable bonds is 1. The molecule has 1 saturated carbocycles. The Morgan fingerprint density at radius 3 is 2.74 bits per heavy atom. The number of halogens is 1. The number of amides is 1. The lowest BCUT2D eigenvalue weighted by Crippen LogP contribution is -2.50. The molecule has 2 aliphatic carbocycles. The van der Waals surface area contributed by atoms with Crippen molar-refractivity contribution in [2.45, 2.75) is 81.6 Å². The van der Waals surface area contributed by atoms with Crippen LogP contribution in [0.3, 0.4) is 0 Å². The second kappa shape index (κ2) is 11.9. The Kier molecular flexibility index (Phi) is 8.52. The largest absolute Gasteiger partial charge is 0.490 e. The maximum atomic E-state index is 13.8. The van der Waals surface area contributed by atoms with E-state index in [1.807, 2.05) is 32.2 Å². The Labute approximate surface area is 261 Å². The first kappa shape index (κ1) is 30.8. The van der Waals surface area contributed by atoms with Crippen molar-refractivity contribution >= 4 is 38.8 Å². The normalized spacial score (nSPS) is 36.4. The van der Waals surface area contributed by atoms with E-state index in [0.717, 1.165) is 68.1 Å². The van der Waals surface area contributed by atoms with Gasteiger partial charge in [0.25, 0.3) is 5.91 Å². The smallest absolute Gasteiger partial charge is 0.262 e. The summed E-state index contributed by atoms with van der Waals surface area (Å²) in [5.74, 6) is 4.93. The van der Waals surface area contributed by atoms with Crippen LogP contribution in [-0.2, 0) is 21.5 Å². The maximum absolute atomic E-state index is 13.8. The highest BCUT2D eigenvalue weighted by atomic mass is 35.5. The highest BCUT2D eigenvalue weighted by Gasteiger charge is 2.44. The van der Waals surface area contributed by atoms with Gasteiger partial charge in [0.15, 0.2) is 0 Å². The third-order valence-electron chi connectivity index (χ3n) is 11.0. The molecule has 0 radical (unpaired) electrons. The molecular weight excluding hydrogens is 582 g/mol. The Balaban J connectivity index is 1.42. The van der Waals surface area contributed by atoms with E-state index in [-0.39, 0.29) is 34.4 Å². The third kappa shape index (κ3) is 5.92. The zero-order chi connectivity index (χ0) is 30.5. The summed E-state index contributed by atoms with van der Waals surface area (Å²) in [7, 11) is -1.01. The van der Waals surface area contributed by atoms with Crippen molar-refractivity contribution in [3.05, 3.63) is 58.1 Å². The molecule has 2 aromatic carbocycles. The van der Waals surface area contributed by atoms with Crippen molar-refractivity contribution in [2.75, 3.05) is 31.6 Å². The molecule has 4 aliphatic rings. The molecule has 2 bridgehead atoms. The van der Waals surface area contributed by atoms with Gasteiger partial charge in [0.1, 0.15) is 5.75 Å². The fourth-order valence-corrected chi connectivity index (χ4v) is 9.66. The second-order valence-corrected chi connectivity index (χ2v) is 16.5. The quantitative estimate of drug-likeness (QED) is 0.387. The Bertz CT molecular complexity index is 1480. The molecule has 234 valence electrons. The minimum absolute atomic E-state index is 0.0282. The Morgan fingerprint density at radius 2 is 2.00 bits per heavy atom. The standard InChI is InChI=1S/C34H46ClN3O4S/c1-21-14-27(36-3)17-31(39)28-10-7-25(28)18-38-19-34(13-5-6-23-15-26(35)9-11-29(23)34)20-42-32-12-8-24(16-30(32)38)33(40)37-43(4,41)22(21)2/h8-9,11-12,15-16,21-22,25,27-28,31,36,39H,4-7,10,13-14,17-20H2,1-3H3,(H,37,40,41)/t21-,22+,25-,27-,28+,31+,34-,43?/m0/s1. The van der Waals surface area contributed by atoms with Gasteiger partial charge in [0.05, 0.1) is 28.1 Å². The highest BCUT2D eigenvalue weighted by Crippen LogP contribution is 2.47. The zero-order valence-corrected chi connectivity index (χ0v) is 27.2. The predicted molar refractivity (Wildman–Crippen MR) is 176 cm³/mol. The predicted octanol–water partition coefficient (Wildman–Crippen LogP) is 4.97. The van der Waals surface area contributed by atoms with E-state index in [1.165, 1.54) is 11.1 Å². The summed E-state index contributed by atoms with van der Waals surface area (Å²) >= 11 is 6.42. The van der Waals surface area contributed by atoms with E-state index in [9.17, 15) is 14.1 Å². The summed E-state index contributed by atoms with van der Waals surface area (Å²) < 4.78 is 23.2. The summed E-state index contributed by atoms with van der Waals surface area (Å²) in [5.41, 5.74) is 3.68. The molecule has 9 heteroatoms. The average molecular weight is 628 g/mol. The van der Waals surface area contributed by atoms with Gasteiger partial charge in [0, 0.05) is 40.4 Å². The minimum Gasteiger partial charge on any atom is -0.490 e. The van der Waals surface area contributed by atoms with Crippen LogP contribution in [0.1, 0.15) is 73.9 Å². The van der Waals surface area contributed by atoms with E-state index in [1.54, 1.807) is 6.07 Å². The molecule has 6 rings (SSSR count). The van der Waals surface area contributed by atoms with Crippen LogP contribution in [0.25, 0.3) is 0 Å². The van der Waals surface area contributed by atoms with E-state index in [0.29, 0.717) is 24.5 Å². The minimum atomic E-state index is -2.94. The van der Waals surface area contributed by atoms with Crippen LogP contribution in [-0.4, -0.2) is 65.2 Å². The SMILES string of the molecule is C=S1(=O)NC(=O)c2ccc3c(c2)N(C[C@@H]2CC[C@H]2[C@H](O)C[C@@H](NC)C[C@H](C)[C@H]1C)C[C@@]1(CCCc2cc(Cl)ccc21)CO3. The fraction of sp³-hybridized carbons (Fsp3) is 0.588. The van der Waals surface area contributed by atoms with Gasteiger partial charge in [-0.1, -0.05) is 24.6 Å². The molecule has 2 heterocycles.